The minimum Gasteiger partial charge on any atom is -0.393 e. The number of amides is 1. The van der Waals surface area contributed by atoms with Crippen LogP contribution in [0.1, 0.15) is 91.4 Å². The van der Waals surface area contributed by atoms with E-state index >= 15 is 0 Å². The third-order valence-corrected chi connectivity index (χ3v) is 10.1. The maximum Gasteiger partial charge on any atom is 0.233 e. The fourth-order valence-electron chi connectivity index (χ4n) is 7.53. The monoisotopic (exact) mass is 523 g/mol. The van der Waals surface area contributed by atoms with E-state index in [1.54, 1.807) is 6.20 Å². The molecule has 7 atom stereocenters. The van der Waals surface area contributed by atoms with Crippen LogP contribution in [0.15, 0.2) is 59.9 Å². The van der Waals surface area contributed by atoms with E-state index in [1.165, 1.54) is 24.8 Å². The topological polar surface area (TPSA) is 89.8 Å². The molecule has 0 heterocycles. The number of nitrogens with one attached hydrogen (secondary N) is 1. The van der Waals surface area contributed by atoms with Gasteiger partial charge in [-0.2, -0.15) is 0 Å². The largest absolute Gasteiger partial charge is 0.393 e. The van der Waals surface area contributed by atoms with E-state index in [2.05, 4.69) is 50.9 Å². The minimum absolute atomic E-state index is 0.0700. The summed E-state index contributed by atoms with van der Waals surface area (Å²) < 4.78 is 0. The molecular weight excluding hydrogens is 474 g/mol. The highest BCUT2D eigenvalue weighted by Crippen LogP contribution is 2.59. The molecule has 0 spiro atoms. The van der Waals surface area contributed by atoms with Gasteiger partial charge in [-0.25, -0.2) is 0 Å². The van der Waals surface area contributed by atoms with Gasteiger partial charge >= 0.3 is 0 Å². The zero-order valence-electron chi connectivity index (χ0n) is 23.7. The average molecular weight is 524 g/mol. The molecule has 4 fully saturated rings. The summed E-state index contributed by atoms with van der Waals surface area (Å²) in [5, 5.41) is 34.2. The molecule has 0 saturated heterocycles. The molecule has 4 saturated carbocycles. The first kappa shape index (κ1) is 29.0. The Bertz CT molecular complexity index is 1000. The summed E-state index contributed by atoms with van der Waals surface area (Å²) in [5.41, 5.74) is 2.73. The lowest BCUT2D eigenvalue weighted by Crippen LogP contribution is -2.37. The van der Waals surface area contributed by atoms with Gasteiger partial charge < -0.3 is 20.6 Å². The molecular formula is C33H49NO4. The average Bonchev–Trinajstić information content (AvgIpc) is 3.62. The molecule has 2 unspecified atom stereocenters. The Balaban J connectivity index is 1.41. The van der Waals surface area contributed by atoms with Gasteiger partial charge in [-0.05, 0) is 98.3 Å². The highest BCUT2D eigenvalue weighted by molar-refractivity contribution is 5.87. The molecule has 1 amide bonds. The van der Waals surface area contributed by atoms with Crippen LogP contribution in [0.25, 0.3) is 0 Å². The van der Waals surface area contributed by atoms with Crippen LogP contribution in [-0.4, -0.2) is 39.5 Å². The van der Waals surface area contributed by atoms with Crippen LogP contribution < -0.4 is 5.32 Å². The molecule has 5 heteroatoms. The Morgan fingerprint density at radius 3 is 2.66 bits per heavy atom. The second-order valence-corrected chi connectivity index (χ2v) is 12.7. The number of hydrogen-bond acceptors (Lipinski definition) is 4. The van der Waals surface area contributed by atoms with Crippen LogP contribution in [0, 0.1) is 28.6 Å². The van der Waals surface area contributed by atoms with Gasteiger partial charge in [0.25, 0.3) is 0 Å². The number of carbonyl (C=O) groups excluding carboxylic acids is 1. The van der Waals surface area contributed by atoms with Crippen molar-refractivity contribution in [1.29, 1.82) is 0 Å². The molecule has 0 bridgehead atoms. The van der Waals surface area contributed by atoms with E-state index in [-0.39, 0.29) is 11.3 Å². The summed E-state index contributed by atoms with van der Waals surface area (Å²) in [6.45, 7) is 10.9. The van der Waals surface area contributed by atoms with Crippen molar-refractivity contribution >= 4 is 5.91 Å². The van der Waals surface area contributed by atoms with Gasteiger partial charge in [0.2, 0.25) is 5.91 Å². The summed E-state index contributed by atoms with van der Waals surface area (Å²) in [6.07, 6.45) is 20.3. The van der Waals surface area contributed by atoms with E-state index in [4.69, 9.17) is 0 Å². The molecule has 0 aromatic carbocycles. The molecule has 0 aliphatic heterocycles. The molecule has 0 aromatic heterocycles. The van der Waals surface area contributed by atoms with Gasteiger partial charge in [-0.3, -0.25) is 4.79 Å². The molecule has 4 aliphatic rings. The predicted molar refractivity (Wildman–Crippen MR) is 153 cm³/mol. The number of unbranched alkanes of at least 4 members (excludes halogenated alkanes) is 1. The lowest BCUT2D eigenvalue weighted by Gasteiger charge is -2.44. The fraction of sp³-hybridized carbons (Fsp3) is 0.667. The lowest BCUT2D eigenvalue weighted by atomic mass is 9.61. The van der Waals surface area contributed by atoms with Gasteiger partial charge in [0.15, 0.2) is 0 Å². The van der Waals surface area contributed by atoms with Crippen LogP contribution >= 0.6 is 0 Å². The number of fused-ring (bicyclic) bond motifs is 1. The highest BCUT2D eigenvalue weighted by Gasteiger charge is 2.55. The quantitative estimate of drug-likeness (QED) is 0.284. The maximum atomic E-state index is 12.7. The molecule has 4 aliphatic carbocycles. The number of aliphatic hydroxyl groups excluding tert-OH is 3. The SMILES string of the molecule is C=C1/C(=C\C=C2/CCC[C@@]3(C)C2CC[C@@H]3[C@H](C)/C=C/C(O)C2(C(=O)N/C=C/CCC)CC2)C[C@@H](O)C[C@@H]1O. The Hall–Kier alpha value is -1.95. The van der Waals surface area contributed by atoms with E-state index in [9.17, 15) is 20.1 Å². The van der Waals surface area contributed by atoms with Gasteiger partial charge in [0.05, 0.1) is 23.7 Å². The predicted octanol–water partition coefficient (Wildman–Crippen LogP) is 5.89. The first-order chi connectivity index (χ1) is 18.1. The van der Waals surface area contributed by atoms with Crippen molar-refractivity contribution in [2.45, 2.75) is 110 Å². The number of allylic oxidation sites excluding steroid dienone is 5. The van der Waals surface area contributed by atoms with E-state index in [0.29, 0.717) is 30.6 Å². The smallest absolute Gasteiger partial charge is 0.233 e. The second kappa shape index (κ2) is 12.1. The van der Waals surface area contributed by atoms with Crippen molar-refractivity contribution in [2.75, 3.05) is 0 Å². The number of carbonyl (C=O) groups is 1. The van der Waals surface area contributed by atoms with Crippen molar-refractivity contribution in [3.63, 3.8) is 0 Å². The highest BCUT2D eigenvalue weighted by atomic mass is 16.3. The maximum absolute atomic E-state index is 12.7. The Labute approximate surface area is 229 Å². The number of aliphatic hydroxyl groups is 3. The number of rotatable bonds is 9. The first-order valence-corrected chi connectivity index (χ1v) is 14.9. The molecule has 0 radical (unpaired) electrons. The summed E-state index contributed by atoms with van der Waals surface area (Å²) in [4.78, 5) is 12.7. The van der Waals surface area contributed by atoms with E-state index in [0.717, 1.165) is 49.7 Å². The lowest BCUT2D eigenvalue weighted by molar-refractivity contribution is -0.128. The zero-order valence-corrected chi connectivity index (χ0v) is 23.7. The van der Waals surface area contributed by atoms with E-state index < -0.39 is 23.7 Å². The molecule has 210 valence electrons. The van der Waals surface area contributed by atoms with Crippen molar-refractivity contribution < 1.29 is 20.1 Å². The minimum atomic E-state index is -0.753. The fourth-order valence-corrected chi connectivity index (χ4v) is 7.53. The van der Waals surface area contributed by atoms with Gasteiger partial charge in [-0.1, -0.05) is 69.7 Å². The van der Waals surface area contributed by atoms with E-state index in [1.807, 2.05) is 12.2 Å². The molecule has 5 nitrogen and oxygen atoms in total. The Kier molecular flexibility index (Phi) is 9.22. The Morgan fingerprint density at radius 2 is 1.95 bits per heavy atom. The summed E-state index contributed by atoms with van der Waals surface area (Å²) in [7, 11) is 0. The Morgan fingerprint density at radius 1 is 1.18 bits per heavy atom. The number of hydrogen-bond donors (Lipinski definition) is 4. The van der Waals surface area contributed by atoms with Crippen molar-refractivity contribution in [3.05, 3.63) is 59.9 Å². The molecule has 4 N–H and O–H groups in total. The van der Waals surface area contributed by atoms with Crippen molar-refractivity contribution in [3.8, 4) is 0 Å². The third kappa shape index (κ3) is 5.95. The molecule has 4 rings (SSSR count). The van der Waals surface area contributed by atoms with Gasteiger partial charge in [0, 0.05) is 6.42 Å². The standard InChI is InChI=1S/C33H49NO4/c1-5-6-7-19-34-31(38)33(17-18-33)30(37)15-10-22(2)27-13-14-28-24(9-8-16-32(27,28)4)11-12-25-20-26(35)21-29(36)23(25)3/h7,10-12,15,19,22,26-30,35-37H,3,5-6,8-9,13-14,16-18,20-21H2,1-2,4H3,(H,34,38)/b15-10+,19-7+,24-11+,25-12-/t22-,26-,27-,28?,29+,30?,32-/m1/s1. The van der Waals surface area contributed by atoms with Crippen molar-refractivity contribution in [2.24, 2.45) is 28.6 Å². The third-order valence-electron chi connectivity index (χ3n) is 10.1. The zero-order chi connectivity index (χ0) is 27.5. The first-order valence-electron chi connectivity index (χ1n) is 14.9. The summed E-state index contributed by atoms with van der Waals surface area (Å²) >= 11 is 0. The molecule has 38 heavy (non-hydrogen) atoms. The van der Waals surface area contributed by atoms with Crippen LogP contribution in [0.4, 0.5) is 0 Å². The van der Waals surface area contributed by atoms with Crippen molar-refractivity contribution in [1.82, 2.24) is 5.32 Å². The molecule has 0 aromatic rings. The van der Waals surface area contributed by atoms with Crippen LogP contribution in [-0.2, 0) is 4.79 Å². The summed E-state index contributed by atoms with van der Waals surface area (Å²) in [5.74, 6) is 1.31. The van der Waals surface area contributed by atoms with Crippen LogP contribution in [0.2, 0.25) is 0 Å². The van der Waals surface area contributed by atoms with Crippen LogP contribution in [0.5, 0.6) is 0 Å². The second-order valence-electron chi connectivity index (χ2n) is 12.7. The van der Waals surface area contributed by atoms with Crippen LogP contribution in [0.3, 0.4) is 0 Å². The normalized spacial score (nSPS) is 36.6. The van der Waals surface area contributed by atoms with Gasteiger partial charge in [-0.15, -0.1) is 0 Å². The van der Waals surface area contributed by atoms with Gasteiger partial charge in [0.1, 0.15) is 0 Å². The summed E-state index contributed by atoms with van der Waals surface area (Å²) in [6, 6.07) is 0.